The van der Waals surface area contributed by atoms with E-state index in [1.807, 2.05) is 0 Å². The van der Waals surface area contributed by atoms with Crippen LogP contribution in [-0.2, 0) is 14.3 Å². The molecule has 1 unspecified atom stereocenters. The predicted molar refractivity (Wildman–Crippen MR) is 58.9 cm³/mol. The van der Waals surface area contributed by atoms with Gasteiger partial charge in [-0.15, -0.1) is 0 Å². The molecule has 10 nitrogen and oxygen atoms in total. The first-order valence-corrected chi connectivity index (χ1v) is 5.39. The van der Waals surface area contributed by atoms with Crippen LogP contribution in [0, 0.1) is 0 Å². The Morgan fingerprint density at radius 2 is 2.32 bits per heavy atom. The average molecular weight is 277 g/mol. The van der Waals surface area contributed by atoms with Crippen molar-refractivity contribution >= 4 is 5.97 Å². The molecule has 0 radical (unpaired) electrons. The molecule has 0 saturated carbocycles. The lowest BCUT2D eigenvalue weighted by atomic mass is 10.0. The molecule has 0 amide bonds. The molecule has 0 bridgehead atoms. The average Bonchev–Trinajstić information content (AvgIpc) is 2.73. The summed E-state index contributed by atoms with van der Waals surface area (Å²) in [6, 6.07) is 0. The Morgan fingerprint density at radius 3 is 2.74 bits per heavy atom. The van der Waals surface area contributed by atoms with Crippen LogP contribution in [0.15, 0.2) is 5.11 Å². The van der Waals surface area contributed by atoms with E-state index in [2.05, 4.69) is 10.0 Å². The van der Waals surface area contributed by atoms with E-state index in [0.717, 1.165) is 7.11 Å². The summed E-state index contributed by atoms with van der Waals surface area (Å²) in [4.78, 5) is 13.4. The number of methoxy groups -OCH3 is 1. The molecule has 1 heterocycles. The number of aliphatic hydroxyl groups excluding tert-OH is 3. The molecule has 1 aliphatic heterocycles. The Hall–Kier alpha value is -1.42. The zero-order valence-electron chi connectivity index (χ0n) is 10.1. The molecule has 1 fully saturated rings. The normalized spacial score (nSPS) is 33.5. The number of azide groups is 1. The van der Waals surface area contributed by atoms with Crippen LogP contribution in [0.3, 0.4) is 0 Å². The summed E-state index contributed by atoms with van der Waals surface area (Å²) < 4.78 is 9.73. The van der Waals surface area contributed by atoms with Crippen LogP contribution in [0.1, 0.15) is 6.42 Å². The number of rotatable bonds is 6. The van der Waals surface area contributed by atoms with Gasteiger partial charge in [-0.3, -0.25) is 0 Å². The Balaban J connectivity index is 2.79. The number of ether oxygens (including phenoxy) is 2. The summed E-state index contributed by atoms with van der Waals surface area (Å²) in [5.74, 6) is -3.52. The highest BCUT2D eigenvalue weighted by atomic mass is 16.7. The van der Waals surface area contributed by atoms with Crippen molar-refractivity contribution in [1.29, 1.82) is 0 Å². The van der Waals surface area contributed by atoms with Crippen molar-refractivity contribution in [2.75, 3.05) is 13.7 Å². The minimum atomic E-state index is -2.07. The molecule has 1 rings (SSSR count). The van der Waals surface area contributed by atoms with Gasteiger partial charge >= 0.3 is 5.97 Å². The van der Waals surface area contributed by atoms with Crippen LogP contribution in [0.25, 0.3) is 10.4 Å². The van der Waals surface area contributed by atoms with Crippen molar-refractivity contribution in [3.05, 3.63) is 10.4 Å². The highest BCUT2D eigenvalue weighted by Crippen LogP contribution is 2.34. The zero-order chi connectivity index (χ0) is 14.6. The second-order valence-corrected chi connectivity index (χ2v) is 4.09. The summed E-state index contributed by atoms with van der Waals surface area (Å²) in [6.07, 6.45) is -6.20. The first-order chi connectivity index (χ1) is 8.88. The topological polar surface area (TPSA) is 165 Å². The molecular formula is C9H15N3O7. The smallest absolute Gasteiger partial charge is 0.364 e. The van der Waals surface area contributed by atoms with Gasteiger partial charge in [0.2, 0.25) is 0 Å². The fourth-order valence-corrected chi connectivity index (χ4v) is 1.84. The van der Waals surface area contributed by atoms with E-state index in [9.17, 15) is 20.1 Å². The fourth-order valence-electron chi connectivity index (χ4n) is 1.84. The molecular weight excluding hydrogens is 262 g/mol. The van der Waals surface area contributed by atoms with Gasteiger partial charge in [-0.25, -0.2) is 4.79 Å². The maximum atomic E-state index is 11.0. The lowest BCUT2D eigenvalue weighted by Crippen LogP contribution is -2.46. The highest BCUT2D eigenvalue weighted by Gasteiger charge is 2.55. The van der Waals surface area contributed by atoms with Crippen molar-refractivity contribution in [2.24, 2.45) is 5.11 Å². The highest BCUT2D eigenvalue weighted by molar-refractivity contribution is 5.76. The number of carboxylic acid groups (broad SMARTS) is 1. The molecule has 0 aromatic heterocycles. The Morgan fingerprint density at radius 1 is 1.68 bits per heavy atom. The maximum absolute atomic E-state index is 11.0. The first kappa shape index (κ1) is 15.6. The maximum Gasteiger partial charge on any atom is 0.364 e. The largest absolute Gasteiger partial charge is 0.477 e. The SMILES string of the molecule is COC1(C(=O)O)C[C@@H](O)[C@H]([C@H](O)[C@H](O)CN=[N+]=[N-])O1. The summed E-state index contributed by atoms with van der Waals surface area (Å²) in [7, 11) is 1.09. The van der Waals surface area contributed by atoms with Gasteiger partial charge in [0.25, 0.3) is 5.79 Å². The van der Waals surface area contributed by atoms with Crippen LogP contribution in [-0.4, -0.2) is 70.3 Å². The number of nitrogens with zero attached hydrogens (tertiary/aromatic N) is 3. The molecule has 1 aliphatic rings. The zero-order valence-corrected chi connectivity index (χ0v) is 10.1. The fraction of sp³-hybridized carbons (Fsp3) is 0.889. The van der Waals surface area contributed by atoms with E-state index in [1.54, 1.807) is 0 Å². The van der Waals surface area contributed by atoms with Crippen LogP contribution in [0.4, 0.5) is 0 Å². The number of aliphatic carboxylic acids is 1. The molecule has 108 valence electrons. The Bertz CT molecular complexity index is 386. The van der Waals surface area contributed by atoms with Crippen LogP contribution in [0.2, 0.25) is 0 Å². The van der Waals surface area contributed by atoms with Gasteiger partial charge in [-0.2, -0.15) is 0 Å². The third kappa shape index (κ3) is 3.13. The van der Waals surface area contributed by atoms with Crippen molar-refractivity contribution in [2.45, 2.75) is 36.6 Å². The number of carboxylic acids is 1. The molecule has 5 atom stereocenters. The van der Waals surface area contributed by atoms with E-state index < -0.39 is 49.1 Å². The molecule has 1 saturated heterocycles. The Labute approximate surface area is 107 Å². The summed E-state index contributed by atoms with van der Waals surface area (Å²) in [5.41, 5.74) is 8.10. The monoisotopic (exact) mass is 277 g/mol. The Kier molecular flexibility index (Phi) is 5.06. The molecule has 0 aromatic carbocycles. The number of hydrogen-bond acceptors (Lipinski definition) is 7. The minimum Gasteiger partial charge on any atom is -0.477 e. The molecule has 0 aromatic rings. The van der Waals surface area contributed by atoms with Crippen LogP contribution >= 0.6 is 0 Å². The lowest BCUT2D eigenvalue weighted by molar-refractivity contribution is -0.240. The summed E-state index contributed by atoms with van der Waals surface area (Å²) in [6.45, 7) is -0.433. The van der Waals surface area contributed by atoms with Gasteiger partial charge in [0.1, 0.15) is 12.2 Å². The standard InChI is InChI=1S/C9H15N3O7/c1-18-9(8(16)17)2-4(13)7(19-9)6(15)5(14)3-11-12-10/h4-7,13-15H,2-3H2,1H3,(H,16,17)/t4-,5-,6-,7-,9?/m1/s1. The van der Waals surface area contributed by atoms with Crippen molar-refractivity contribution in [3.63, 3.8) is 0 Å². The lowest BCUT2D eigenvalue weighted by Gasteiger charge is -2.26. The molecule has 10 heteroatoms. The second kappa shape index (κ2) is 6.15. The molecule has 19 heavy (non-hydrogen) atoms. The second-order valence-electron chi connectivity index (χ2n) is 4.09. The molecule has 0 spiro atoms. The third-order valence-electron chi connectivity index (χ3n) is 2.90. The van der Waals surface area contributed by atoms with Gasteiger partial charge < -0.3 is 29.9 Å². The number of hydrogen-bond donors (Lipinski definition) is 4. The van der Waals surface area contributed by atoms with Crippen molar-refractivity contribution in [3.8, 4) is 0 Å². The van der Waals surface area contributed by atoms with E-state index in [1.165, 1.54) is 0 Å². The van der Waals surface area contributed by atoms with Crippen molar-refractivity contribution in [1.82, 2.24) is 0 Å². The molecule has 4 N–H and O–H groups in total. The van der Waals surface area contributed by atoms with E-state index in [-0.39, 0.29) is 0 Å². The van der Waals surface area contributed by atoms with Gasteiger partial charge in [0.15, 0.2) is 0 Å². The molecule has 0 aliphatic carbocycles. The number of aliphatic hydroxyl groups is 3. The van der Waals surface area contributed by atoms with E-state index in [4.69, 9.17) is 20.1 Å². The van der Waals surface area contributed by atoms with Gasteiger partial charge in [-0.1, -0.05) is 5.11 Å². The predicted octanol–water partition coefficient (Wildman–Crippen LogP) is -1.40. The van der Waals surface area contributed by atoms with Gasteiger partial charge in [-0.05, 0) is 5.53 Å². The van der Waals surface area contributed by atoms with Gasteiger partial charge in [0.05, 0.1) is 18.8 Å². The van der Waals surface area contributed by atoms with E-state index in [0.29, 0.717) is 0 Å². The van der Waals surface area contributed by atoms with Crippen LogP contribution < -0.4 is 0 Å². The summed E-state index contributed by atoms with van der Waals surface area (Å²) >= 11 is 0. The van der Waals surface area contributed by atoms with E-state index >= 15 is 0 Å². The van der Waals surface area contributed by atoms with Crippen LogP contribution in [0.5, 0.6) is 0 Å². The quantitative estimate of drug-likeness (QED) is 0.263. The minimum absolute atomic E-state index is 0.394. The van der Waals surface area contributed by atoms with Gasteiger partial charge in [0, 0.05) is 18.4 Å². The van der Waals surface area contributed by atoms with Crippen molar-refractivity contribution < 1.29 is 34.7 Å². The summed E-state index contributed by atoms with van der Waals surface area (Å²) in [5, 5.41) is 41.0. The first-order valence-electron chi connectivity index (χ1n) is 5.39. The third-order valence-corrected chi connectivity index (χ3v) is 2.90. The number of carbonyl (C=O) groups is 1.